The summed E-state index contributed by atoms with van der Waals surface area (Å²) in [7, 11) is 0. The summed E-state index contributed by atoms with van der Waals surface area (Å²) in [5, 5.41) is 8.78. The Kier molecular flexibility index (Phi) is 4.78. The average molecular weight is 250 g/mol. The van der Waals surface area contributed by atoms with Crippen LogP contribution in [0.3, 0.4) is 0 Å². The van der Waals surface area contributed by atoms with Crippen LogP contribution in [0.1, 0.15) is 18.9 Å². The van der Waals surface area contributed by atoms with Crippen LogP contribution in [0.25, 0.3) is 0 Å². The Morgan fingerprint density at radius 3 is 2.93 bits per heavy atom. The number of ether oxygens (including phenoxy) is 1. The third kappa shape index (κ3) is 3.32. The molecule has 1 rings (SSSR count). The Labute approximate surface area is 94.2 Å². The minimum atomic E-state index is -2.54. The fraction of sp³-hybridized carbons (Fsp3) is 0.500. The molecular weight excluding hydrogens is 242 g/mol. The summed E-state index contributed by atoms with van der Waals surface area (Å²) in [5.74, 6) is -2.39. The normalized spacial score (nSPS) is 10.3. The molecule has 1 heterocycles. The lowest BCUT2D eigenvalue weighted by Crippen LogP contribution is -1.96. The Balaban J connectivity index is 2.81. The molecule has 0 unspecified atom stereocenters. The van der Waals surface area contributed by atoms with Gasteiger partial charge in [-0.05, 0) is 29.7 Å². The Bertz CT molecular complexity index is 362. The molecule has 0 bridgehead atoms. The predicted octanol–water partition coefficient (Wildman–Crippen LogP) is 3.12. The van der Waals surface area contributed by atoms with E-state index in [1.54, 1.807) is 0 Å². The maximum Gasteiger partial charge on any atom is 0.289 e. The smallest absolute Gasteiger partial charge is 0.289 e. The molecule has 1 aromatic rings. The first kappa shape index (κ1) is 12.2. The van der Waals surface area contributed by atoms with Crippen molar-refractivity contribution in [3.63, 3.8) is 0 Å². The lowest BCUT2D eigenvalue weighted by molar-refractivity contribution is 0.252. The third-order valence-electron chi connectivity index (χ3n) is 1.38. The van der Waals surface area contributed by atoms with Gasteiger partial charge < -0.3 is 4.74 Å². The van der Waals surface area contributed by atoms with Crippen LogP contribution in [-0.4, -0.2) is 16.7 Å². The molecule has 0 atom stereocenters. The van der Waals surface area contributed by atoms with Crippen molar-refractivity contribution in [1.29, 1.82) is 5.26 Å². The summed E-state index contributed by atoms with van der Waals surface area (Å²) in [6.07, 6.45) is 0.777. The first-order valence-electron chi connectivity index (χ1n) is 4.16. The molecule has 0 radical (unpaired) electrons. The maximum atomic E-state index is 12.1. The van der Waals surface area contributed by atoms with E-state index in [0.29, 0.717) is 18.4 Å². The van der Waals surface area contributed by atoms with Crippen molar-refractivity contribution in [1.82, 2.24) is 4.37 Å². The third-order valence-corrected chi connectivity index (χ3v) is 3.12. The van der Waals surface area contributed by atoms with Crippen LogP contribution >= 0.6 is 23.3 Å². The van der Waals surface area contributed by atoms with Gasteiger partial charge in [-0.15, -0.1) is 0 Å². The second kappa shape index (κ2) is 5.88. The molecule has 0 spiro atoms. The number of alkyl halides is 2. The minimum absolute atomic E-state index is 0.110. The summed E-state index contributed by atoms with van der Waals surface area (Å²) < 4.78 is 33.4. The van der Waals surface area contributed by atoms with Gasteiger partial charge in [0.25, 0.3) is 5.76 Å². The number of nitrogens with zero attached hydrogens (tertiary/aromatic N) is 2. The number of rotatable bonds is 5. The number of nitriles is 1. The number of hydrogen-bond donors (Lipinski definition) is 0. The predicted molar refractivity (Wildman–Crippen MR) is 54.5 cm³/mol. The van der Waals surface area contributed by atoms with Crippen molar-refractivity contribution in [2.45, 2.75) is 23.3 Å². The van der Waals surface area contributed by atoms with Crippen LogP contribution in [0.4, 0.5) is 8.78 Å². The van der Waals surface area contributed by atoms with Crippen LogP contribution in [0, 0.1) is 11.3 Å². The van der Waals surface area contributed by atoms with Crippen molar-refractivity contribution < 1.29 is 13.5 Å². The number of thioether (sulfide) groups is 1. The SMILES string of the molecule is CCCOc1nsc(SC(F)F)c1C#N. The largest absolute Gasteiger partial charge is 0.476 e. The molecule has 0 N–H and O–H groups in total. The standard InChI is InChI=1S/C8H8F2N2OS2/c1-2-3-13-6-5(4-11)7(15-12-6)14-8(9)10/h8H,2-3H2,1H3. The first-order chi connectivity index (χ1) is 7.19. The highest BCUT2D eigenvalue weighted by Crippen LogP contribution is 2.36. The van der Waals surface area contributed by atoms with E-state index in [0.717, 1.165) is 18.0 Å². The van der Waals surface area contributed by atoms with Crippen molar-refractivity contribution in [2.75, 3.05) is 6.61 Å². The van der Waals surface area contributed by atoms with E-state index in [-0.39, 0.29) is 15.7 Å². The topological polar surface area (TPSA) is 45.9 Å². The fourth-order valence-corrected chi connectivity index (χ4v) is 2.26. The number of aromatic nitrogens is 1. The summed E-state index contributed by atoms with van der Waals surface area (Å²) in [4.78, 5) is 0. The monoisotopic (exact) mass is 250 g/mol. The zero-order chi connectivity index (χ0) is 11.3. The van der Waals surface area contributed by atoms with E-state index in [1.165, 1.54) is 0 Å². The summed E-state index contributed by atoms with van der Waals surface area (Å²) >= 11 is 1.19. The number of hydrogen-bond acceptors (Lipinski definition) is 5. The molecule has 0 amide bonds. The van der Waals surface area contributed by atoms with E-state index >= 15 is 0 Å². The molecule has 0 aliphatic carbocycles. The van der Waals surface area contributed by atoms with Crippen molar-refractivity contribution >= 4 is 23.3 Å². The Morgan fingerprint density at radius 2 is 2.40 bits per heavy atom. The molecule has 0 saturated carbocycles. The molecular formula is C8H8F2N2OS2. The molecule has 0 saturated heterocycles. The minimum Gasteiger partial charge on any atom is -0.476 e. The van der Waals surface area contributed by atoms with Crippen LogP contribution in [0.2, 0.25) is 0 Å². The van der Waals surface area contributed by atoms with E-state index in [2.05, 4.69) is 4.37 Å². The fourth-order valence-electron chi connectivity index (χ4n) is 0.814. The van der Waals surface area contributed by atoms with Gasteiger partial charge in [0.1, 0.15) is 15.8 Å². The Hall–Kier alpha value is -0.870. The van der Waals surface area contributed by atoms with Crippen LogP contribution in [0.5, 0.6) is 5.88 Å². The second-order valence-electron chi connectivity index (χ2n) is 2.49. The van der Waals surface area contributed by atoms with Gasteiger partial charge in [-0.3, -0.25) is 0 Å². The zero-order valence-electron chi connectivity index (χ0n) is 7.87. The molecule has 15 heavy (non-hydrogen) atoms. The van der Waals surface area contributed by atoms with E-state index in [4.69, 9.17) is 10.00 Å². The second-order valence-corrected chi connectivity index (χ2v) is 4.52. The summed E-state index contributed by atoms with van der Waals surface area (Å²) in [6, 6.07) is 1.83. The molecule has 0 fully saturated rings. The van der Waals surface area contributed by atoms with Crippen molar-refractivity contribution in [3.8, 4) is 11.9 Å². The van der Waals surface area contributed by atoms with Crippen molar-refractivity contribution in [3.05, 3.63) is 5.56 Å². The van der Waals surface area contributed by atoms with Gasteiger partial charge in [0.2, 0.25) is 5.88 Å². The van der Waals surface area contributed by atoms with Gasteiger partial charge in [0, 0.05) is 0 Å². The summed E-state index contributed by atoms with van der Waals surface area (Å²) in [6.45, 7) is 2.34. The summed E-state index contributed by atoms with van der Waals surface area (Å²) in [5.41, 5.74) is 0.110. The molecule has 0 aromatic carbocycles. The van der Waals surface area contributed by atoms with Gasteiger partial charge in [-0.1, -0.05) is 6.92 Å². The lowest BCUT2D eigenvalue weighted by atomic mass is 10.4. The Morgan fingerprint density at radius 1 is 1.67 bits per heavy atom. The van der Waals surface area contributed by atoms with Crippen LogP contribution < -0.4 is 4.74 Å². The molecule has 0 aliphatic rings. The van der Waals surface area contributed by atoms with Gasteiger partial charge in [-0.25, -0.2) is 0 Å². The molecule has 7 heteroatoms. The van der Waals surface area contributed by atoms with Gasteiger partial charge >= 0.3 is 0 Å². The zero-order valence-corrected chi connectivity index (χ0v) is 9.50. The highest BCUT2D eigenvalue weighted by atomic mass is 32.2. The highest BCUT2D eigenvalue weighted by Gasteiger charge is 2.18. The van der Waals surface area contributed by atoms with Crippen molar-refractivity contribution in [2.24, 2.45) is 0 Å². The van der Waals surface area contributed by atoms with Crippen LogP contribution in [-0.2, 0) is 0 Å². The van der Waals surface area contributed by atoms with Gasteiger partial charge in [0.05, 0.1) is 6.61 Å². The molecule has 1 aromatic heterocycles. The average Bonchev–Trinajstić information content (AvgIpc) is 2.56. The molecule has 82 valence electrons. The quantitative estimate of drug-likeness (QED) is 0.753. The van der Waals surface area contributed by atoms with Gasteiger partial charge in [-0.2, -0.15) is 18.4 Å². The maximum absolute atomic E-state index is 12.1. The van der Waals surface area contributed by atoms with Gasteiger partial charge in [0.15, 0.2) is 0 Å². The van der Waals surface area contributed by atoms with E-state index in [1.807, 2.05) is 13.0 Å². The van der Waals surface area contributed by atoms with Crippen LogP contribution in [0.15, 0.2) is 4.21 Å². The van der Waals surface area contributed by atoms with E-state index in [9.17, 15) is 8.78 Å². The van der Waals surface area contributed by atoms with E-state index < -0.39 is 5.76 Å². The molecule has 3 nitrogen and oxygen atoms in total. The lowest BCUT2D eigenvalue weighted by Gasteiger charge is -1.99. The molecule has 0 aliphatic heterocycles. The highest BCUT2D eigenvalue weighted by molar-refractivity contribution is 8.01. The first-order valence-corrected chi connectivity index (χ1v) is 5.81. The number of halogens is 2.